The van der Waals surface area contributed by atoms with Crippen LogP contribution in [-0.2, 0) is 0 Å². The first kappa shape index (κ1) is 19.8. The summed E-state index contributed by atoms with van der Waals surface area (Å²) >= 11 is 0. The second kappa shape index (κ2) is 8.35. The highest BCUT2D eigenvalue weighted by atomic mass is 35.5. The molecule has 4 rings (SSSR count). The lowest BCUT2D eigenvalue weighted by molar-refractivity contribution is 0.0757. The molecule has 3 aliphatic rings. The van der Waals surface area contributed by atoms with Gasteiger partial charge in [0.25, 0.3) is 5.91 Å². The van der Waals surface area contributed by atoms with Crippen LogP contribution < -0.4 is 5.32 Å². The number of aromatic nitrogens is 1. The maximum absolute atomic E-state index is 13.2. The monoisotopic (exact) mass is 379 g/mol. The summed E-state index contributed by atoms with van der Waals surface area (Å²) in [5.41, 5.74) is 3.41. The first-order chi connectivity index (χ1) is 12.1. The molecule has 1 aliphatic carbocycles. The van der Waals surface area contributed by atoms with Crippen LogP contribution in [-0.4, -0.2) is 41.6 Å². The van der Waals surface area contributed by atoms with E-state index in [2.05, 4.69) is 34.7 Å². The Kier molecular flexibility index (Phi) is 6.34. The molecule has 5 heteroatoms. The number of nitrogens with zero attached hydrogens (tertiary/aromatic N) is 2. The average molecular weight is 380 g/mol. The fraction of sp³-hybridized carbons (Fsp3) is 0.762. The third-order valence-corrected chi connectivity index (χ3v) is 6.96. The first-order valence-corrected chi connectivity index (χ1v) is 10.3. The molecule has 1 N–H and O–H groups in total. The van der Waals surface area contributed by atoms with Gasteiger partial charge in [-0.25, -0.2) is 0 Å². The summed E-state index contributed by atoms with van der Waals surface area (Å²) in [4.78, 5) is 15.4. The molecule has 2 aliphatic heterocycles. The van der Waals surface area contributed by atoms with Gasteiger partial charge in [-0.2, -0.15) is 0 Å². The van der Waals surface area contributed by atoms with Crippen molar-refractivity contribution in [2.24, 2.45) is 11.8 Å². The molecule has 26 heavy (non-hydrogen) atoms. The van der Waals surface area contributed by atoms with E-state index in [0.717, 1.165) is 56.4 Å². The smallest absolute Gasteiger partial charge is 0.255 e. The quantitative estimate of drug-likeness (QED) is 0.839. The number of carbonyl (C=O) groups excluding carboxylic acids is 1. The predicted octanol–water partition coefficient (Wildman–Crippen LogP) is 4.10. The number of nitrogens with one attached hydrogen (secondary N) is 1. The summed E-state index contributed by atoms with van der Waals surface area (Å²) in [7, 11) is 0. The minimum absolute atomic E-state index is 0. The van der Waals surface area contributed by atoms with Crippen molar-refractivity contribution in [3.8, 4) is 0 Å². The number of likely N-dealkylation sites (tertiary alicyclic amines) is 1. The van der Waals surface area contributed by atoms with Gasteiger partial charge in [-0.05, 0) is 70.5 Å². The SMILES string of the molecule is Cc1cc(C(=O)N2CC[C@@H]3CNC[C@@H]3CC2)c(C)n1C1CCCCC1.Cl. The van der Waals surface area contributed by atoms with Crippen molar-refractivity contribution in [1.29, 1.82) is 0 Å². The van der Waals surface area contributed by atoms with Crippen LogP contribution >= 0.6 is 12.4 Å². The Bertz CT molecular complexity index is 621. The highest BCUT2D eigenvalue weighted by molar-refractivity contribution is 5.95. The summed E-state index contributed by atoms with van der Waals surface area (Å²) in [5.74, 6) is 1.81. The van der Waals surface area contributed by atoms with E-state index in [9.17, 15) is 4.79 Å². The molecule has 4 nitrogen and oxygen atoms in total. The van der Waals surface area contributed by atoms with E-state index in [4.69, 9.17) is 0 Å². The van der Waals surface area contributed by atoms with Crippen LogP contribution in [0.1, 0.15) is 72.7 Å². The third-order valence-electron chi connectivity index (χ3n) is 6.96. The van der Waals surface area contributed by atoms with Gasteiger partial charge in [0.05, 0.1) is 5.56 Å². The summed E-state index contributed by atoms with van der Waals surface area (Å²) in [6, 6.07) is 2.75. The van der Waals surface area contributed by atoms with Crippen molar-refractivity contribution in [3.05, 3.63) is 23.0 Å². The van der Waals surface area contributed by atoms with Gasteiger partial charge in [0, 0.05) is 30.5 Å². The Morgan fingerprint density at radius 1 is 1.00 bits per heavy atom. The van der Waals surface area contributed by atoms with Gasteiger partial charge in [0.1, 0.15) is 0 Å². The molecule has 1 aromatic rings. The normalized spacial score (nSPS) is 26.9. The Hall–Kier alpha value is -1.000. The molecule has 0 radical (unpaired) electrons. The second-order valence-corrected chi connectivity index (χ2v) is 8.49. The molecule has 2 atom stereocenters. The Morgan fingerprint density at radius 3 is 2.23 bits per heavy atom. The van der Waals surface area contributed by atoms with Gasteiger partial charge in [-0.1, -0.05) is 19.3 Å². The number of fused-ring (bicyclic) bond motifs is 1. The molecule has 1 saturated carbocycles. The third kappa shape index (κ3) is 3.68. The molecule has 1 amide bonds. The van der Waals surface area contributed by atoms with Gasteiger partial charge in [0.2, 0.25) is 0 Å². The van der Waals surface area contributed by atoms with Crippen molar-refractivity contribution >= 4 is 18.3 Å². The van der Waals surface area contributed by atoms with Gasteiger partial charge in [-0.15, -0.1) is 12.4 Å². The van der Waals surface area contributed by atoms with Crippen LogP contribution in [0, 0.1) is 25.7 Å². The summed E-state index contributed by atoms with van der Waals surface area (Å²) in [5, 5.41) is 3.52. The topological polar surface area (TPSA) is 37.3 Å². The van der Waals surface area contributed by atoms with Crippen LogP contribution in [0.5, 0.6) is 0 Å². The molecule has 3 heterocycles. The van der Waals surface area contributed by atoms with Crippen LogP contribution in [0.4, 0.5) is 0 Å². The molecule has 0 bridgehead atoms. The number of carbonyl (C=O) groups is 1. The Morgan fingerprint density at radius 2 is 1.62 bits per heavy atom. The van der Waals surface area contributed by atoms with Crippen LogP contribution in [0.15, 0.2) is 6.07 Å². The van der Waals surface area contributed by atoms with E-state index in [1.165, 1.54) is 43.5 Å². The lowest BCUT2D eigenvalue weighted by atomic mass is 9.92. The summed E-state index contributed by atoms with van der Waals surface area (Å²) in [6.07, 6.45) is 8.87. The lowest BCUT2D eigenvalue weighted by Crippen LogP contribution is -2.33. The van der Waals surface area contributed by atoms with Crippen molar-refractivity contribution < 1.29 is 4.79 Å². The van der Waals surface area contributed by atoms with Crippen molar-refractivity contribution in [3.63, 3.8) is 0 Å². The maximum Gasteiger partial charge on any atom is 0.255 e. The van der Waals surface area contributed by atoms with Crippen molar-refractivity contribution in [2.75, 3.05) is 26.2 Å². The van der Waals surface area contributed by atoms with Gasteiger partial charge >= 0.3 is 0 Å². The number of hydrogen-bond acceptors (Lipinski definition) is 2. The standard InChI is InChI=1S/C21H33N3O.ClH/c1-15-12-20(16(2)24(15)19-6-4-3-5-7-19)21(25)23-10-8-17-13-22-14-18(17)9-11-23;/h12,17-19,22H,3-11,13-14H2,1-2H3;1H/t17-,18+;. The number of hydrogen-bond donors (Lipinski definition) is 1. The zero-order chi connectivity index (χ0) is 17.4. The predicted molar refractivity (Wildman–Crippen MR) is 108 cm³/mol. The largest absolute Gasteiger partial charge is 0.345 e. The van der Waals surface area contributed by atoms with Crippen molar-refractivity contribution in [1.82, 2.24) is 14.8 Å². The van der Waals surface area contributed by atoms with E-state index in [-0.39, 0.29) is 18.3 Å². The molecule has 2 saturated heterocycles. The van der Waals surface area contributed by atoms with E-state index in [1.54, 1.807) is 0 Å². The number of halogens is 1. The molecule has 0 spiro atoms. The zero-order valence-corrected chi connectivity index (χ0v) is 17.1. The molecular weight excluding hydrogens is 346 g/mol. The number of rotatable bonds is 2. The highest BCUT2D eigenvalue weighted by Gasteiger charge is 2.32. The van der Waals surface area contributed by atoms with E-state index in [1.807, 2.05) is 0 Å². The van der Waals surface area contributed by atoms with E-state index >= 15 is 0 Å². The molecule has 146 valence electrons. The Balaban J connectivity index is 0.00000196. The molecule has 1 aromatic heterocycles. The van der Waals surface area contributed by atoms with Crippen LogP contribution in [0.3, 0.4) is 0 Å². The van der Waals surface area contributed by atoms with E-state index in [0.29, 0.717) is 6.04 Å². The number of aryl methyl sites for hydroxylation is 1. The molecular formula is C21H34ClN3O. The van der Waals surface area contributed by atoms with Gasteiger partial charge < -0.3 is 14.8 Å². The highest BCUT2D eigenvalue weighted by Crippen LogP contribution is 2.33. The summed E-state index contributed by atoms with van der Waals surface area (Å²) in [6.45, 7) is 8.47. The average Bonchev–Trinajstić information content (AvgIpc) is 3.13. The minimum Gasteiger partial charge on any atom is -0.345 e. The molecule has 0 aromatic carbocycles. The van der Waals surface area contributed by atoms with Gasteiger partial charge in [0.15, 0.2) is 0 Å². The zero-order valence-electron chi connectivity index (χ0n) is 16.3. The van der Waals surface area contributed by atoms with E-state index < -0.39 is 0 Å². The Labute approximate surface area is 164 Å². The molecule has 0 unspecified atom stereocenters. The number of amides is 1. The van der Waals surface area contributed by atoms with Crippen LogP contribution in [0.2, 0.25) is 0 Å². The maximum atomic E-state index is 13.2. The fourth-order valence-electron chi connectivity index (χ4n) is 5.49. The lowest BCUT2D eigenvalue weighted by Gasteiger charge is -2.27. The molecule has 3 fully saturated rings. The summed E-state index contributed by atoms with van der Waals surface area (Å²) < 4.78 is 2.46. The van der Waals surface area contributed by atoms with Crippen LogP contribution in [0.25, 0.3) is 0 Å². The van der Waals surface area contributed by atoms with Crippen molar-refractivity contribution in [2.45, 2.75) is 64.8 Å². The van der Waals surface area contributed by atoms with Gasteiger partial charge in [-0.3, -0.25) is 4.79 Å². The first-order valence-electron chi connectivity index (χ1n) is 10.3. The second-order valence-electron chi connectivity index (χ2n) is 8.49. The fourth-order valence-corrected chi connectivity index (χ4v) is 5.49. The minimum atomic E-state index is 0.